The first-order chi connectivity index (χ1) is 13.0. The molecule has 0 N–H and O–H groups in total. The zero-order valence-electron chi connectivity index (χ0n) is 14.7. The summed E-state index contributed by atoms with van der Waals surface area (Å²) in [5, 5.41) is 20.2. The van der Waals surface area contributed by atoms with Gasteiger partial charge in [0.1, 0.15) is 6.07 Å². The molecule has 0 unspecified atom stereocenters. The SMILES string of the molecule is CC(=O)N1CCN(c2oc(/C=C/c3cccc([N+](=O)[O-])c3)nc2C#N)CC1. The third-order valence-corrected chi connectivity index (χ3v) is 4.24. The molecule has 1 aliphatic heterocycles. The fraction of sp³-hybridized carbons (Fsp3) is 0.278. The van der Waals surface area contributed by atoms with Crippen molar-refractivity contribution < 1.29 is 14.1 Å². The molecule has 1 fully saturated rings. The van der Waals surface area contributed by atoms with Crippen molar-refractivity contribution in [3.8, 4) is 6.07 Å². The van der Waals surface area contributed by atoms with Crippen LogP contribution in [-0.2, 0) is 4.79 Å². The molecule has 27 heavy (non-hydrogen) atoms. The summed E-state index contributed by atoms with van der Waals surface area (Å²) < 4.78 is 5.71. The molecule has 9 nitrogen and oxygen atoms in total. The summed E-state index contributed by atoms with van der Waals surface area (Å²) >= 11 is 0. The minimum Gasteiger partial charge on any atom is -0.420 e. The van der Waals surface area contributed by atoms with E-state index >= 15 is 0 Å². The molecule has 1 aromatic carbocycles. The summed E-state index contributed by atoms with van der Waals surface area (Å²) in [5.41, 5.74) is 0.786. The first-order valence-corrected chi connectivity index (χ1v) is 8.32. The lowest BCUT2D eigenvalue weighted by atomic mass is 10.2. The highest BCUT2D eigenvalue weighted by molar-refractivity contribution is 5.73. The van der Waals surface area contributed by atoms with Crippen molar-refractivity contribution in [2.45, 2.75) is 6.92 Å². The summed E-state index contributed by atoms with van der Waals surface area (Å²) in [6.07, 6.45) is 3.20. The van der Waals surface area contributed by atoms with Crippen LogP contribution in [0.15, 0.2) is 28.7 Å². The highest BCUT2D eigenvalue weighted by Gasteiger charge is 2.24. The first-order valence-electron chi connectivity index (χ1n) is 8.32. The van der Waals surface area contributed by atoms with E-state index in [-0.39, 0.29) is 23.2 Å². The van der Waals surface area contributed by atoms with Crippen molar-refractivity contribution in [2.24, 2.45) is 0 Å². The Labute approximate surface area is 155 Å². The lowest BCUT2D eigenvalue weighted by Gasteiger charge is -2.33. The monoisotopic (exact) mass is 367 g/mol. The number of piperazine rings is 1. The molecule has 0 atom stereocenters. The number of oxazole rings is 1. The molecular formula is C18H17N5O4. The van der Waals surface area contributed by atoms with Gasteiger partial charge < -0.3 is 14.2 Å². The Balaban J connectivity index is 1.77. The van der Waals surface area contributed by atoms with Gasteiger partial charge in [0.15, 0.2) is 0 Å². The van der Waals surface area contributed by atoms with Gasteiger partial charge in [0.25, 0.3) is 5.69 Å². The van der Waals surface area contributed by atoms with Crippen LogP contribution >= 0.6 is 0 Å². The molecular weight excluding hydrogens is 350 g/mol. The molecule has 3 rings (SSSR count). The van der Waals surface area contributed by atoms with Crippen LogP contribution in [0.2, 0.25) is 0 Å². The van der Waals surface area contributed by atoms with E-state index in [9.17, 15) is 20.2 Å². The Hall–Kier alpha value is -3.67. The third-order valence-electron chi connectivity index (χ3n) is 4.24. The Bertz CT molecular complexity index is 935. The van der Waals surface area contributed by atoms with Gasteiger partial charge in [0, 0.05) is 51.3 Å². The van der Waals surface area contributed by atoms with E-state index in [0.717, 1.165) is 0 Å². The minimum atomic E-state index is -0.463. The number of hydrogen-bond acceptors (Lipinski definition) is 7. The second kappa shape index (κ2) is 7.70. The van der Waals surface area contributed by atoms with Gasteiger partial charge in [-0.15, -0.1) is 0 Å². The van der Waals surface area contributed by atoms with Crippen molar-refractivity contribution >= 4 is 29.6 Å². The highest BCUT2D eigenvalue weighted by atomic mass is 16.6. The Morgan fingerprint density at radius 2 is 2.07 bits per heavy atom. The fourth-order valence-corrected chi connectivity index (χ4v) is 2.82. The van der Waals surface area contributed by atoms with Crippen molar-refractivity contribution in [3.63, 3.8) is 0 Å². The number of benzene rings is 1. The number of aromatic nitrogens is 1. The van der Waals surface area contributed by atoms with Gasteiger partial charge in [-0.1, -0.05) is 12.1 Å². The number of non-ortho nitro benzene ring substituents is 1. The standard InChI is InChI=1S/C18H17N5O4/c1-13(24)21-7-9-22(10-8-21)18-16(12-19)20-17(27-18)6-5-14-3-2-4-15(11-14)23(25)26/h2-6,11H,7-10H2,1H3/b6-5+. The van der Waals surface area contributed by atoms with Crippen molar-refractivity contribution in [1.29, 1.82) is 5.26 Å². The molecule has 2 aromatic rings. The molecule has 1 amide bonds. The number of nitriles is 1. The van der Waals surface area contributed by atoms with E-state index in [2.05, 4.69) is 4.98 Å². The number of nitro groups is 1. The van der Waals surface area contributed by atoms with Crippen LogP contribution in [0.3, 0.4) is 0 Å². The maximum absolute atomic E-state index is 11.4. The van der Waals surface area contributed by atoms with E-state index in [1.54, 1.807) is 29.2 Å². The molecule has 0 aliphatic carbocycles. The molecule has 0 spiro atoms. The number of rotatable bonds is 4. The number of amides is 1. The van der Waals surface area contributed by atoms with Gasteiger partial charge in [-0.2, -0.15) is 10.2 Å². The quantitative estimate of drug-likeness (QED) is 0.601. The average molecular weight is 367 g/mol. The van der Waals surface area contributed by atoms with Crippen LogP contribution in [0.1, 0.15) is 24.1 Å². The largest absolute Gasteiger partial charge is 0.420 e. The van der Waals surface area contributed by atoms with Crippen molar-refractivity contribution in [3.05, 3.63) is 51.5 Å². The molecule has 9 heteroatoms. The van der Waals surface area contributed by atoms with Gasteiger partial charge in [0.2, 0.25) is 23.4 Å². The number of carbonyl (C=O) groups is 1. The predicted octanol–water partition coefficient (Wildman–Crippen LogP) is 2.29. The highest BCUT2D eigenvalue weighted by Crippen LogP contribution is 2.24. The van der Waals surface area contributed by atoms with Gasteiger partial charge in [-0.3, -0.25) is 14.9 Å². The normalized spacial score (nSPS) is 14.4. The van der Waals surface area contributed by atoms with E-state index in [1.165, 1.54) is 19.1 Å². The average Bonchev–Trinajstić information content (AvgIpc) is 3.10. The van der Waals surface area contributed by atoms with Crippen LogP contribution in [-0.4, -0.2) is 46.9 Å². The van der Waals surface area contributed by atoms with Gasteiger partial charge in [-0.25, -0.2) is 0 Å². The second-order valence-corrected chi connectivity index (χ2v) is 6.00. The Kier molecular flexibility index (Phi) is 5.17. The molecule has 1 aliphatic rings. The number of anilines is 1. The van der Waals surface area contributed by atoms with Gasteiger partial charge in [-0.05, 0) is 11.6 Å². The Morgan fingerprint density at radius 3 is 2.70 bits per heavy atom. The number of nitro benzene ring substituents is 1. The van der Waals surface area contributed by atoms with E-state index in [0.29, 0.717) is 37.6 Å². The molecule has 0 saturated carbocycles. The minimum absolute atomic E-state index is 0.00806. The molecule has 138 valence electrons. The van der Waals surface area contributed by atoms with Crippen molar-refractivity contribution in [2.75, 3.05) is 31.1 Å². The van der Waals surface area contributed by atoms with Crippen LogP contribution in [0, 0.1) is 21.4 Å². The summed E-state index contributed by atoms with van der Waals surface area (Å²) in [6, 6.07) is 8.18. The van der Waals surface area contributed by atoms with Crippen LogP contribution < -0.4 is 4.90 Å². The first kappa shape index (κ1) is 18.1. The second-order valence-electron chi connectivity index (χ2n) is 6.00. The predicted molar refractivity (Wildman–Crippen MR) is 97.7 cm³/mol. The fourth-order valence-electron chi connectivity index (χ4n) is 2.82. The molecule has 1 saturated heterocycles. The zero-order valence-corrected chi connectivity index (χ0v) is 14.7. The van der Waals surface area contributed by atoms with Crippen LogP contribution in [0.25, 0.3) is 12.2 Å². The summed E-state index contributed by atoms with van der Waals surface area (Å²) in [7, 11) is 0. The zero-order chi connectivity index (χ0) is 19.4. The Morgan fingerprint density at radius 1 is 1.33 bits per heavy atom. The smallest absolute Gasteiger partial charge is 0.270 e. The number of nitrogens with zero attached hydrogens (tertiary/aromatic N) is 5. The topological polar surface area (TPSA) is 117 Å². The summed E-state index contributed by atoms with van der Waals surface area (Å²) in [5.74, 6) is 0.634. The van der Waals surface area contributed by atoms with Crippen molar-refractivity contribution in [1.82, 2.24) is 9.88 Å². The lowest BCUT2D eigenvalue weighted by Crippen LogP contribution is -2.48. The number of hydrogen-bond donors (Lipinski definition) is 0. The molecule has 1 aromatic heterocycles. The van der Waals surface area contributed by atoms with Crippen LogP contribution in [0.5, 0.6) is 0 Å². The molecule has 2 heterocycles. The number of carbonyl (C=O) groups excluding carboxylic acids is 1. The van der Waals surface area contributed by atoms with Gasteiger partial charge >= 0.3 is 0 Å². The van der Waals surface area contributed by atoms with Gasteiger partial charge in [0.05, 0.1) is 4.92 Å². The van der Waals surface area contributed by atoms with Crippen LogP contribution in [0.4, 0.5) is 11.6 Å². The maximum Gasteiger partial charge on any atom is 0.270 e. The summed E-state index contributed by atoms with van der Waals surface area (Å²) in [6.45, 7) is 3.75. The third kappa shape index (κ3) is 4.12. The molecule has 0 radical (unpaired) electrons. The van der Waals surface area contributed by atoms with E-state index in [4.69, 9.17) is 4.42 Å². The van der Waals surface area contributed by atoms with E-state index in [1.807, 2.05) is 11.0 Å². The lowest BCUT2D eigenvalue weighted by molar-refractivity contribution is -0.384. The summed E-state index contributed by atoms with van der Waals surface area (Å²) in [4.78, 5) is 29.6. The molecule has 0 bridgehead atoms. The van der Waals surface area contributed by atoms with E-state index < -0.39 is 4.92 Å². The maximum atomic E-state index is 11.4.